The SMILES string of the molecule is CCCCCCCCCCC(O)CN(CCCC[C@H]1NC(=O)[C@@H](CCCCN(CC(O)CCCCCCCCCC)CC(O)CCCCCCCCCC)NC1=O)CC(C)O. The van der Waals surface area contributed by atoms with Crippen molar-refractivity contribution < 1.29 is 30.0 Å². The monoisotopic (exact) mass is 867 g/mol. The van der Waals surface area contributed by atoms with Crippen molar-refractivity contribution in [2.24, 2.45) is 0 Å². The minimum atomic E-state index is -0.540. The summed E-state index contributed by atoms with van der Waals surface area (Å²) < 4.78 is 0. The fraction of sp³-hybridized carbons (Fsp3) is 0.961. The van der Waals surface area contributed by atoms with Gasteiger partial charge in [0.1, 0.15) is 12.1 Å². The van der Waals surface area contributed by atoms with Crippen LogP contribution in [0.1, 0.15) is 240 Å². The Balaban J connectivity index is 2.47. The van der Waals surface area contributed by atoms with E-state index in [2.05, 4.69) is 41.2 Å². The van der Waals surface area contributed by atoms with Gasteiger partial charge in [-0.2, -0.15) is 0 Å². The molecule has 1 saturated heterocycles. The van der Waals surface area contributed by atoms with E-state index in [9.17, 15) is 30.0 Å². The van der Waals surface area contributed by atoms with Gasteiger partial charge in [0.15, 0.2) is 0 Å². The molecule has 0 aromatic heterocycles. The number of piperazine rings is 1. The van der Waals surface area contributed by atoms with E-state index in [-0.39, 0.29) is 11.8 Å². The highest BCUT2D eigenvalue weighted by Crippen LogP contribution is 2.17. The summed E-state index contributed by atoms with van der Waals surface area (Å²) in [5, 5.41) is 48.7. The maximum Gasteiger partial charge on any atom is 0.243 e. The fourth-order valence-electron chi connectivity index (χ4n) is 9.05. The van der Waals surface area contributed by atoms with Gasteiger partial charge < -0.3 is 31.1 Å². The zero-order valence-electron chi connectivity index (χ0n) is 40.5. The second kappa shape index (κ2) is 40.2. The molecule has 0 spiro atoms. The van der Waals surface area contributed by atoms with E-state index < -0.39 is 36.5 Å². The van der Waals surface area contributed by atoms with E-state index in [4.69, 9.17) is 0 Å². The van der Waals surface area contributed by atoms with E-state index in [1.165, 1.54) is 116 Å². The molecule has 0 saturated carbocycles. The quantitative estimate of drug-likeness (QED) is 0.0332. The highest BCUT2D eigenvalue weighted by atomic mass is 16.3. The molecule has 1 aliphatic rings. The average Bonchev–Trinajstić information content (AvgIpc) is 3.22. The highest BCUT2D eigenvalue weighted by Gasteiger charge is 2.33. The number of nitrogens with one attached hydrogen (secondary N) is 2. The molecule has 1 fully saturated rings. The van der Waals surface area contributed by atoms with Crippen LogP contribution >= 0.6 is 0 Å². The van der Waals surface area contributed by atoms with Crippen molar-refractivity contribution in [1.29, 1.82) is 0 Å². The summed E-state index contributed by atoms with van der Waals surface area (Å²) in [6, 6.07) is -1.08. The smallest absolute Gasteiger partial charge is 0.243 e. The van der Waals surface area contributed by atoms with Crippen LogP contribution in [-0.4, -0.2) is 118 Å². The molecule has 0 aromatic carbocycles. The second-order valence-electron chi connectivity index (χ2n) is 19.2. The molecule has 362 valence electrons. The first-order valence-corrected chi connectivity index (χ1v) is 26.4. The van der Waals surface area contributed by atoms with Gasteiger partial charge in [-0.05, 0) is 77.8 Å². The minimum absolute atomic E-state index is 0.122. The Hall–Kier alpha value is -1.30. The van der Waals surface area contributed by atoms with Crippen LogP contribution in [0.5, 0.6) is 0 Å². The van der Waals surface area contributed by atoms with Crippen LogP contribution in [0.4, 0.5) is 0 Å². The summed E-state index contributed by atoms with van der Waals surface area (Å²) in [6.45, 7) is 12.2. The molecule has 6 N–H and O–H groups in total. The Morgan fingerprint density at radius 1 is 0.410 bits per heavy atom. The molecule has 1 aliphatic heterocycles. The van der Waals surface area contributed by atoms with Crippen molar-refractivity contribution in [2.75, 3.05) is 39.3 Å². The highest BCUT2D eigenvalue weighted by molar-refractivity contribution is 5.96. The first-order chi connectivity index (χ1) is 29.6. The van der Waals surface area contributed by atoms with Gasteiger partial charge in [-0.25, -0.2) is 0 Å². The largest absolute Gasteiger partial charge is 0.392 e. The van der Waals surface area contributed by atoms with E-state index in [1.54, 1.807) is 6.92 Å². The van der Waals surface area contributed by atoms with Gasteiger partial charge in [0.05, 0.1) is 24.4 Å². The topological polar surface area (TPSA) is 146 Å². The van der Waals surface area contributed by atoms with Crippen molar-refractivity contribution in [3.8, 4) is 0 Å². The van der Waals surface area contributed by atoms with Crippen LogP contribution in [0, 0.1) is 0 Å². The van der Waals surface area contributed by atoms with Gasteiger partial charge in [-0.15, -0.1) is 0 Å². The number of nitrogens with zero attached hydrogens (tertiary/aromatic N) is 2. The van der Waals surface area contributed by atoms with Crippen molar-refractivity contribution in [3.05, 3.63) is 0 Å². The fourth-order valence-corrected chi connectivity index (χ4v) is 9.05. The van der Waals surface area contributed by atoms with Gasteiger partial charge in [-0.3, -0.25) is 19.4 Å². The Kier molecular flexibility index (Phi) is 38.1. The van der Waals surface area contributed by atoms with Crippen LogP contribution in [0.3, 0.4) is 0 Å². The van der Waals surface area contributed by atoms with Gasteiger partial charge in [0.2, 0.25) is 11.8 Å². The van der Waals surface area contributed by atoms with Crippen LogP contribution < -0.4 is 10.6 Å². The predicted molar refractivity (Wildman–Crippen MR) is 256 cm³/mol. The zero-order valence-corrected chi connectivity index (χ0v) is 40.5. The third kappa shape index (κ3) is 33.8. The molecule has 2 amide bonds. The normalized spacial score (nSPS) is 17.8. The Morgan fingerprint density at radius 3 is 0.984 bits per heavy atom. The maximum atomic E-state index is 13.1. The molecule has 0 bridgehead atoms. The molecule has 10 nitrogen and oxygen atoms in total. The van der Waals surface area contributed by atoms with Gasteiger partial charge in [0.25, 0.3) is 0 Å². The lowest BCUT2D eigenvalue weighted by Crippen LogP contribution is -2.61. The molecule has 1 rings (SSSR count). The van der Waals surface area contributed by atoms with E-state index in [0.717, 1.165) is 96.6 Å². The van der Waals surface area contributed by atoms with Gasteiger partial charge in [0, 0.05) is 26.2 Å². The van der Waals surface area contributed by atoms with Crippen LogP contribution in [0.25, 0.3) is 0 Å². The number of hydrogen-bond donors (Lipinski definition) is 6. The zero-order chi connectivity index (χ0) is 44.8. The van der Waals surface area contributed by atoms with Crippen molar-refractivity contribution in [2.45, 2.75) is 276 Å². The van der Waals surface area contributed by atoms with Crippen LogP contribution in [0.2, 0.25) is 0 Å². The number of hydrogen-bond acceptors (Lipinski definition) is 8. The Bertz CT molecular complexity index is 976. The third-order valence-corrected chi connectivity index (χ3v) is 12.8. The minimum Gasteiger partial charge on any atom is -0.392 e. The van der Waals surface area contributed by atoms with Crippen molar-refractivity contribution in [3.63, 3.8) is 0 Å². The molecular formula is C51H102N4O6. The van der Waals surface area contributed by atoms with Gasteiger partial charge in [-0.1, -0.05) is 175 Å². The molecule has 0 radical (unpaired) electrons. The van der Waals surface area contributed by atoms with E-state index in [0.29, 0.717) is 39.0 Å². The van der Waals surface area contributed by atoms with Crippen LogP contribution in [0.15, 0.2) is 0 Å². The summed E-state index contributed by atoms with van der Waals surface area (Å²) in [7, 11) is 0. The lowest BCUT2D eigenvalue weighted by Gasteiger charge is -2.31. The first kappa shape index (κ1) is 57.7. The molecule has 6 atom stereocenters. The van der Waals surface area contributed by atoms with E-state index in [1.807, 2.05) is 0 Å². The lowest BCUT2D eigenvalue weighted by molar-refractivity contribution is -0.137. The maximum absolute atomic E-state index is 13.1. The van der Waals surface area contributed by atoms with Crippen molar-refractivity contribution >= 4 is 11.8 Å². The molecular weight excluding hydrogens is 765 g/mol. The molecule has 61 heavy (non-hydrogen) atoms. The number of carbonyl (C=O) groups excluding carboxylic acids is 2. The Labute approximate surface area is 376 Å². The summed E-state index contributed by atoms with van der Waals surface area (Å²) in [5.74, 6) is -0.246. The number of aliphatic hydroxyl groups excluding tert-OH is 4. The number of amides is 2. The molecule has 4 unspecified atom stereocenters. The predicted octanol–water partition coefficient (Wildman–Crippen LogP) is 9.97. The van der Waals surface area contributed by atoms with Gasteiger partial charge >= 0.3 is 0 Å². The third-order valence-electron chi connectivity index (χ3n) is 12.8. The number of carbonyl (C=O) groups is 2. The summed E-state index contributed by atoms with van der Waals surface area (Å²) in [5.41, 5.74) is 0. The lowest BCUT2D eigenvalue weighted by atomic mass is 10.0. The summed E-state index contributed by atoms with van der Waals surface area (Å²) in [4.78, 5) is 30.5. The molecule has 0 aromatic rings. The number of aliphatic hydroxyl groups is 4. The molecule has 10 heteroatoms. The average molecular weight is 867 g/mol. The number of rotatable bonds is 45. The van der Waals surface area contributed by atoms with E-state index >= 15 is 0 Å². The standard InChI is InChI=1S/C51H102N4O6/c1-5-8-11-14-17-20-23-26-33-45(57)41-54(40-44(4)56)38-31-29-36-48-50(60)53-49(51(61)52-48)37-30-32-39-55(42-46(58)34-27-24-21-18-15-12-9-6-2)43-47(59)35-28-25-22-19-16-13-10-7-3/h44-49,56-59H,5-43H2,1-4H3,(H,52,61)(H,53,60)/t44?,45?,46?,47?,48-,49-/m1/s1. The van der Waals surface area contributed by atoms with Crippen LogP contribution in [-0.2, 0) is 9.59 Å². The van der Waals surface area contributed by atoms with Crippen molar-refractivity contribution in [1.82, 2.24) is 20.4 Å². The molecule has 0 aliphatic carbocycles. The summed E-state index contributed by atoms with van der Waals surface area (Å²) >= 11 is 0. The number of unbranched alkanes of at least 4 members (excludes halogenated alkanes) is 23. The first-order valence-electron chi connectivity index (χ1n) is 26.4. The molecule has 1 heterocycles. The second-order valence-corrected chi connectivity index (χ2v) is 19.2. The summed E-state index contributed by atoms with van der Waals surface area (Å²) in [6.07, 6.45) is 34.7. The Morgan fingerprint density at radius 2 is 0.689 bits per heavy atom.